The minimum atomic E-state index is -0.135. The number of piperidine rings is 1. The first-order valence-electron chi connectivity index (χ1n) is 10.1. The zero-order valence-corrected chi connectivity index (χ0v) is 16.4. The smallest absolute Gasteiger partial charge is 0.220 e. The second kappa shape index (κ2) is 8.72. The Morgan fingerprint density at radius 2 is 2.00 bits per heavy atom. The van der Waals surface area contributed by atoms with Crippen LogP contribution in [0.4, 0.5) is 4.39 Å². The number of guanidine groups is 1. The predicted octanol–water partition coefficient (Wildman–Crippen LogP) is 2.67. The van der Waals surface area contributed by atoms with E-state index in [1.807, 2.05) is 12.1 Å². The lowest BCUT2D eigenvalue weighted by molar-refractivity contribution is -0.121. The highest BCUT2D eigenvalue weighted by Crippen LogP contribution is 2.49. The molecule has 2 fully saturated rings. The van der Waals surface area contributed by atoms with Crippen LogP contribution in [0.2, 0.25) is 0 Å². The monoisotopic (exact) mass is 374 g/mol. The average molecular weight is 375 g/mol. The van der Waals surface area contributed by atoms with Gasteiger partial charge >= 0.3 is 0 Å². The van der Waals surface area contributed by atoms with Gasteiger partial charge in [0.1, 0.15) is 5.82 Å². The quantitative estimate of drug-likeness (QED) is 0.595. The average Bonchev–Trinajstić information content (AvgIpc) is 3.47. The number of aliphatic imine (C=N–C) groups is 1. The fourth-order valence-electron chi connectivity index (χ4n) is 3.92. The first-order chi connectivity index (χ1) is 13.1. The molecule has 148 valence electrons. The fraction of sp³-hybridized carbons (Fsp3) is 0.619. The van der Waals surface area contributed by atoms with E-state index < -0.39 is 0 Å². The summed E-state index contributed by atoms with van der Waals surface area (Å²) in [6.45, 7) is 5.30. The summed E-state index contributed by atoms with van der Waals surface area (Å²) in [6.07, 6.45) is 4.58. The lowest BCUT2D eigenvalue weighted by Crippen LogP contribution is -2.46. The van der Waals surface area contributed by atoms with E-state index in [1.54, 1.807) is 19.2 Å². The van der Waals surface area contributed by atoms with E-state index in [2.05, 4.69) is 22.5 Å². The number of likely N-dealkylation sites (tertiary alicyclic amines) is 1. The maximum atomic E-state index is 14.2. The third kappa shape index (κ3) is 4.79. The summed E-state index contributed by atoms with van der Waals surface area (Å²) in [5.41, 5.74) is 0.665. The van der Waals surface area contributed by atoms with Crippen molar-refractivity contribution in [2.75, 3.05) is 33.2 Å². The minimum Gasteiger partial charge on any atom is -0.359 e. The Morgan fingerprint density at radius 3 is 2.59 bits per heavy atom. The molecule has 3 rings (SSSR count). The summed E-state index contributed by atoms with van der Waals surface area (Å²) in [6, 6.07) is 7.09. The highest BCUT2D eigenvalue weighted by molar-refractivity contribution is 5.80. The number of hydrogen-bond donors (Lipinski definition) is 2. The molecule has 2 aliphatic rings. The molecule has 1 saturated carbocycles. The molecule has 1 aliphatic carbocycles. The van der Waals surface area contributed by atoms with E-state index in [0.29, 0.717) is 18.9 Å². The molecule has 27 heavy (non-hydrogen) atoms. The van der Waals surface area contributed by atoms with Gasteiger partial charge in [0.25, 0.3) is 0 Å². The highest BCUT2D eigenvalue weighted by Gasteiger charge is 2.46. The van der Waals surface area contributed by atoms with Gasteiger partial charge in [0.15, 0.2) is 5.96 Å². The molecule has 1 heterocycles. The van der Waals surface area contributed by atoms with Crippen molar-refractivity contribution in [3.05, 3.63) is 35.6 Å². The van der Waals surface area contributed by atoms with E-state index in [-0.39, 0.29) is 17.1 Å². The molecule has 0 unspecified atom stereocenters. The molecule has 2 N–H and O–H groups in total. The van der Waals surface area contributed by atoms with Crippen LogP contribution in [0.5, 0.6) is 0 Å². The summed E-state index contributed by atoms with van der Waals surface area (Å²) in [4.78, 5) is 18.7. The number of nitrogens with one attached hydrogen (secondary N) is 2. The second-order valence-corrected chi connectivity index (χ2v) is 7.74. The van der Waals surface area contributed by atoms with E-state index in [4.69, 9.17) is 4.99 Å². The lowest BCUT2D eigenvalue weighted by Gasteiger charge is -2.34. The zero-order chi connectivity index (χ0) is 19.3. The van der Waals surface area contributed by atoms with Crippen LogP contribution < -0.4 is 10.6 Å². The molecule has 0 bridgehead atoms. The van der Waals surface area contributed by atoms with Crippen LogP contribution in [0.1, 0.15) is 44.6 Å². The second-order valence-electron chi connectivity index (χ2n) is 7.74. The van der Waals surface area contributed by atoms with Crippen LogP contribution in [0.15, 0.2) is 29.3 Å². The van der Waals surface area contributed by atoms with Crippen LogP contribution >= 0.6 is 0 Å². The molecule has 0 spiro atoms. The first-order valence-corrected chi connectivity index (χ1v) is 10.1. The minimum absolute atomic E-state index is 0.120. The molecule has 0 aromatic heterocycles. The molecule has 0 atom stereocenters. The Morgan fingerprint density at radius 1 is 1.30 bits per heavy atom. The van der Waals surface area contributed by atoms with Gasteiger partial charge in [0, 0.05) is 38.5 Å². The molecular weight excluding hydrogens is 343 g/mol. The van der Waals surface area contributed by atoms with Crippen LogP contribution in [0.3, 0.4) is 0 Å². The van der Waals surface area contributed by atoms with E-state index in [0.717, 1.165) is 56.8 Å². The fourth-order valence-corrected chi connectivity index (χ4v) is 3.92. The molecule has 1 aliphatic heterocycles. The maximum absolute atomic E-state index is 14.2. The van der Waals surface area contributed by atoms with Gasteiger partial charge in [0.05, 0.1) is 6.54 Å². The third-order valence-corrected chi connectivity index (χ3v) is 5.83. The Hall–Kier alpha value is -2.11. The van der Waals surface area contributed by atoms with Gasteiger partial charge in [-0.15, -0.1) is 0 Å². The lowest BCUT2D eigenvalue weighted by atomic mass is 9.93. The van der Waals surface area contributed by atoms with Crippen molar-refractivity contribution in [2.24, 2.45) is 10.9 Å². The standard InChI is InChI=1S/C21H31FN4O/c1-3-24-20(26-12-8-16(9-13-26)14-19(27)23-2)25-15-21(10-11-21)17-6-4-5-7-18(17)22/h4-7,16H,3,8-15H2,1-2H3,(H,23,27)(H,24,25). The topological polar surface area (TPSA) is 56.7 Å². The number of nitrogens with zero attached hydrogens (tertiary/aromatic N) is 2. The molecule has 5 nitrogen and oxygen atoms in total. The van der Waals surface area contributed by atoms with Crippen molar-refractivity contribution >= 4 is 11.9 Å². The Kier molecular flexibility index (Phi) is 6.34. The normalized spacial score (nSPS) is 19.7. The maximum Gasteiger partial charge on any atom is 0.220 e. The Bertz CT molecular complexity index is 679. The van der Waals surface area contributed by atoms with Crippen molar-refractivity contribution in [1.29, 1.82) is 0 Å². The molecule has 0 radical (unpaired) electrons. The molecule has 1 aromatic rings. The van der Waals surface area contributed by atoms with E-state index in [9.17, 15) is 9.18 Å². The number of carbonyl (C=O) groups excluding carboxylic acids is 1. The Balaban J connectivity index is 1.63. The van der Waals surface area contributed by atoms with Gasteiger partial charge in [-0.1, -0.05) is 18.2 Å². The van der Waals surface area contributed by atoms with Crippen molar-refractivity contribution < 1.29 is 9.18 Å². The summed E-state index contributed by atoms with van der Waals surface area (Å²) >= 11 is 0. The van der Waals surface area contributed by atoms with E-state index in [1.165, 1.54) is 0 Å². The van der Waals surface area contributed by atoms with Gasteiger partial charge in [-0.3, -0.25) is 9.79 Å². The van der Waals surface area contributed by atoms with Gasteiger partial charge in [0.2, 0.25) is 5.91 Å². The number of halogens is 1. The number of benzene rings is 1. The third-order valence-electron chi connectivity index (χ3n) is 5.83. The van der Waals surface area contributed by atoms with Crippen LogP contribution in [-0.4, -0.2) is 50.0 Å². The van der Waals surface area contributed by atoms with Gasteiger partial charge < -0.3 is 15.5 Å². The SMILES string of the molecule is CCNC(=NCC1(c2ccccc2F)CC1)N1CCC(CC(=O)NC)CC1. The number of amides is 1. The van der Waals surface area contributed by atoms with E-state index >= 15 is 0 Å². The first kappa shape index (κ1) is 19.6. The summed E-state index contributed by atoms with van der Waals surface area (Å²) < 4.78 is 14.2. The number of rotatable bonds is 6. The number of carbonyl (C=O) groups is 1. The van der Waals surface area contributed by atoms with Crippen molar-refractivity contribution in [1.82, 2.24) is 15.5 Å². The molecule has 1 aromatic carbocycles. The van der Waals surface area contributed by atoms with Crippen LogP contribution in [0.25, 0.3) is 0 Å². The molecule has 1 saturated heterocycles. The van der Waals surface area contributed by atoms with Gasteiger partial charge in [-0.2, -0.15) is 0 Å². The Labute approximate surface area is 161 Å². The molecule has 1 amide bonds. The van der Waals surface area contributed by atoms with Gasteiger partial charge in [-0.05, 0) is 50.2 Å². The molecule has 6 heteroatoms. The largest absolute Gasteiger partial charge is 0.359 e. The summed E-state index contributed by atoms with van der Waals surface area (Å²) in [7, 11) is 1.69. The molecular formula is C21H31FN4O. The van der Waals surface area contributed by atoms with Crippen LogP contribution in [-0.2, 0) is 10.2 Å². The van der Waals surface area contributed by atoms with Gasteiger partial charge in [-0.25, -0.2) is 4.39 Å². The highest BCUT2D eigenvalue weighted by atomic mass is 19.1. The van der Waals surface area contributed by atoms with Crippen molar-refractivity contribution in [3.63, 3.8) is 0 Å². The predicted molar refractivity (Wildman–Crippen MR) is 106 cm³/mol. The summed E-state index contributed by atoms with van der Waals surface area (Å²) in [5.74, 6) is 1.36. The van der Waals surface area contributed by atoms with Crippen molar-refractivity contribution in [3.8, 4) is 0 Å². The van der Waals surface area contributed by atoms with Crippen LogP contribution in [0, 0.1) is 11.7 Å². The van der Waals surface area contributed by atoms with Crippen molar-refractivity contribution in [2.45, 2.75) is 44.4 Å². The summed E-state index contributed by atoms with van der Waals surface area (Å²) in [5, 5.41) is 6.10. The number of hydrogen-bond acceptors (Lipinski definition) is 2. The zero-order valence-electron chi connectivity index (χ0n) is 16.4.